The summed E-state index contributed by atoms with van der Waals surface area (Å²) >= 11 is 0. The van der Waals surface area contributed by atoms with Crippen LogP contribution in [0.25, 0.3) is 0 Å². The predicted molar refractivity (Wildman–Crippen MR) is 84.4 cm³/mol. The average molecular weight is 317 g/mol. The van der Waals surface area contributed by atoms with Crippen LogP contribution in [0.2, 0.25) is 0 Å². The first-order chi connectivity index (χ1) is 11.1. The standard InChI is InChI=1S/C17H17F2N3O/c18-14-7-5-11(9-15(14)19)17(23)22-13-6-8-16(20-10-13)21-12-3-1-2-4-12/h5-10,12H,1-4H2,(H,20,21)(H,22,23). The van der Waals surface area contributed by atoms with Gasteiger partial charge in [-0.1, -0.05) is 12.8 Å². The van der Waals surface area contributed by atoms with Gasteiger partial charge in [0.1, 0.15) is 5.82 Å². The Labute approximate surface area is 132 Å². The first-order valence-corrected chi connectivity index (χ1v) is 7.61. The quantitative estimate of drug-likeness (QED) is 0.897. The molecule has 120 valence electrons. The molecule has 1 amide bonds. The molecule has 3 rings (SSSR count). The van der Waals surface area contributed by atoms with Crippen LogP contribution < -0.4 is 10.6 Å². The van der Waals surface area contributed by atoms with Crippen LogP contribution in [0.1, 0.15) is 36.0 Å². The number of carbonyl (C=O) groups excluding carboxylic acids is 1. The van der Waals surface area contributed by atoms with Gasteiger partial charge in [-0.05, 0) is 43.2 Å². The maximum Gasteiger partial charge on any atom is 0.255 e. The molecule has 2 N–H and O–H groups in total. The Morgan fingerprint density at radius 1 is 1.09 bits per heavy atom. The Morgan fingerprint density at radius 3 is 2.52 bits per heavy atom. The zero-order valence-corrected chi connectivity index (χ0v) is 12.5. The molecule has 1 fully saturated rings. The maximum atomic E-state index is 13.1. The minimum Gasteiger partial charge on any atom is -0.367 e. The van der Waals surface area contributed by atoms with Gasteiger partial charge in [-0.2, -0.15) is 0 Å². The highest BCUT2D eigenvalue weighted by Crippen LogP contribution is 2.22. The van der Waals surface area contributed by atoms with Gasteiger partial charge in [-0.25, -0.2) is 13.8 Å². The summed E-state index contributed by atoms with van der Waals surface area (Å²) in [5.74, 6) is -1.78. The Balaban J connectivity index is 1.62. The number of nitrogens with one attached hydrogen (secondary N) is 2. The molecule has 0 radical (unpaired) electrons. The summed E-state index contributed by atoms with van der Waals surface area (Å²) in [7, 11) is 0. The lowest BCUT2D eigenvalue weighted by molar-refractivity contribution is 0.102. The van der Waals surface area contributed by atoms with Crippen LogP contribution in [0.3, 0.4) is 0 Å². The summed E-state index contributed by atoms with van der Waals surface area (Å²) in [5, 5.41) is 5.96. The molecule has 0 saturated heterocycles. The van der Waals surface area contributed by atoms with E-state index in [1.165, 1.54) is 25.1 Å². The van der Waals surface area contributed by atoms with Crippen molar-refractivity contribution in [2.45, 2.75) is 31.7 Å². The molecule has 0 atom stereocenters. The second-order valence-electron chi connectivity index (χ2n) is 5.64. The van der Waals surface area contributed by atoms with Crippen LogP contribution in [0.4, 0.5) is 20.3 Å². The number of carbonyl (C=O) groups is 1. The van der Waals surface area contributed by atoms with E-state index in [9.17, 15) is 13.6 Å². The Kier molecular flexibility index (Phi) is 4.50. The zero-order valence-electron chi connectivity index (χ0n) is 12.5. The van der Waals surface area contributed by atoms with Crippen molar-refractivity contribution in [1.82, 2.24) is 4.98 Å². The summed E-state index contributed by atoms with van der Waals surface area (Å²) in [6, 6.07) is 7.01. The molecular weight excluding hydrogens is 300 g/mol. The van der Waals surface area contributed by atoms with Gasteiger partial charge >= 0.3 is 0 Å². The second kappa shape index (κ2) is 6.73. The number of amides is 1. The molecule has 4 nitrogen and oxygen atoms in total. The van der Waals surface area contributed by atoms with Gasteiger partial charge in [0.25, 0.3) is 5.91 Å². The SMILES string of the molecule is O=C(Nc1ccc(NC2CCCC2)nc1)c1ccc(F)c(F)c1. The van der Waals surface area contributed by atoms with E-state index in [1.54, 1.807) is 12.1 Å². The summed E-state index contributed by atoms with van der Waals surface area (Å²) in [4.78, 5) is 16.3. The molecule has 0 aliphatic heterocycles. The molecule has 1 aromatic carbocycles. The third-order valence-corrected chi connectivity index (χ3v) is 3.91. The molecule has 0 bridgehead atoms. The molecule has 23 heavy (non-hydrogen) atoms. The van der Waals surface area contributed by atoms with Gasteiger partial charge in [-0.15, -0.1) is 0 Å². The first-order valence-electron chi connectivity index (χ1n) is 7.61. The van der Waals surface area contributed by atoms with Gasteiger partial charge in [0.15, 0.2) is 11.6 Å². The summed E-state index contributed by atoms with van der Waals surface area (Å²) < 4.78 is 26.0. The van der Waals surface area contributed by atoms with Gasteiger partial charge in [-0.3, -0.25) is 4.79 Å². The van der Waals surface area contributed by atoms with Crippen LogP contribution >= 0.6 is 0 Å². The smallest absolute Gasteiger partial charge is 0.255 e. The van der Waals surface area contributed by atoms with Crippen LogP contribution in [0, 0.1) is 11.6 Å². The van der Waals surface area contributed by atoms with E-state index >= 15 is 0 Å². The number of rotatable bonds is 4. The van der Waals surface area contributed by atoms with Crippen LogP contribution in [-0.4, -0.2) is 16.9 Å². The minimum absolute atomic E-state index is 0.0528. The largest absolute Gasteiger partial charge is 0.367 e. The third-order valence-electron chi connectivity index (χ3n) is 3.91. The van der Waals surface area contributed by atoms with Crippen molar-refractivity contribution in [3.8, 4) is 0 Å². The van der Waals surface area contributed by atoms with Crippen molar-refractivity contribution >= 4 is 17.4 Å². The Bertz CT molecular complexity index is 697. The lowest BCUT2D eigenvalue weighted by Crippen LogP contribution is -2.16. The fraction of sp³-hybridized carbons (Fsp3) is 0.294. The number of nitrogens with zero attached hydrogens (tertiary/aromatic N) is 1. The van der Waals surface area contributed by atoms with Crippen molar-refractivity contribution in [2.24, 2.45) is 0 Å². The van der Waals surface area contributed by atoms with Crippen molar-refractivity contribution in [3.05, 3.63) is 53.7 Å². The van der Waals surface area contributed by atoms with E-state index in [4.69, 9.17) is 0 Å². The van der Waals surface area contributed by atoms with Crippen LogP contribution in [0.15, 0.2) is 36.5 Å². The van der Waals surface area contributed by atoms with Gasteiger partial charge in [0, 0.05) is 11.6 Å². The summed E-state index contributed by atoms with van der Waals surface area (Å²) in [6.07, 6.45) is 6.31. The van der Waals surface area contributed by atoms with E-state index in [-0.39, 0.29) is 5.56 Å². The molecule has 1 aliphatic rings. The van der Waals surface area contributed by atoms with Gasteiger partial charge in [0.05, 0.1) is 11.9 Å². The van der Waals surface area contributed by atoms with Gasteiger partial charge in [0.2, 0.25) is 0 Å². The lowest BCUT2D eigenvalue weighted by atomic mass is 10.2. The third kappa shape index (κ3) is 3.83. The second-order valence-corrected chi connectivity index (χ2v) is 5.64. The topological polar surface area (TPSA) is 54.0 Å². The van der Waals surface area contributed by atoms with Crippen LogP contribution in [0.5, 0.6) is 0 Å². The highest BCUT2D eigenvalue weighted by atomic mass is 19.2. The Morgan fingerprint density at radius 2 is 1.87 bits per heavy atom. The molecule has 6 heteroatoms. The van der Waals surface area contributed by atoms with Gasteiger partial charge < -0.3 is 10.6 Å². The van der Waals surface area contributed by atoms with E-state index in [0.29, 0.717) is 11.7 Å². The van der Waals surface area contributed by atoms with Crippen molar-refractivity contribution in [1.29, 1.82) is 0 Å². The number of anilines is 2. The van der Waals surface area contributed by atoms with Crippen molar-refractivity contribution in [2.75, 3.05) is 10.6 Å². The summed E-state index contributed by atoms with van der Waals surface area (Å²) in [6.45, 7) is 0. The minimum atomic E-state index is -1.05. The highest BCUT2D eigenvalue weighted by molar-refractivity contribution is 6.04. The average Bonchev–Trinajstić information content (AvgIpc) is 3.05. The maximum absolute atomic E-state index is 13.1. The lowest BCUT2D eigenvalue weighted by Gasteiger charge is -2.13. The number of aromatic nitrogens is 1. The molecule has 1 aliphatic carbocycles. The van der Waals surface area contributed by atoms with E-state index in [0.717, 1.165) is 30.8 Å². The predicted octanol–water partition coefficient (Wildman–Crippen LogP) is 3.97. The number of hydrogen-bond donors (Lipinski definition) is 2. The fourth-order valence-corrected chi connectivity index (χ4v) is 2.67. The van der Waals surface area contributed by atoms with E-state index in [1.807, 2.05) is 0 Å². The molecule has 1 heterocycles. The monoisotopic (exact) mass is 317 g/mol. The molecule has 2 aromatic rings. The fourth-order valence-electron chi connectivity index (χ4n) is 2.67. The highest BCUT2D eigenvalue weighted by Gasteiger charge is 2.15. The molecular formula is C17H17F2N3O. The Hall–Kier alpha value is -2.50. The molecule has 1 aromatic heterocycles. The molecule has 0 spiro atoms. The molecule has 0 unspecified atom stereocenters. The number of halogens is 2. The normalized spacial score (nSPS) is 14.7. The van der Waals surface area contributed by atoms with Crippen molar-refractivity contribution < 1.29 is 13.6 Å². The van der Waals surface area contributed by atoms with E-state index in [2.05, 4.69) is 15.6 Å². The number of hydrogen-bond acceptors (Lipinski definition) is 3. The molecule has 1 saturated carbocycles. The number of benzene rings is 1. The summed E-state index contributed by atoms with van der Waals surface area (Å²) in [5.41, 5.74) is 0.550. The number of pyridine rings is 1. The van der Waals surface area contributed by atoms with Crippen molar-refractivity contribution in [3.63, 3.8) is 0 Å². The van der Waals surface area contributed by atoms with E-state index < -0.39 is 17.5 Å². The first kappa shape index (κ1) is 15.4. The van der Waals surface area contributed by atoms with Crippen LogP contribution in [-0.2, 0) is 0 Å². The zero-order chi connectivity index (χ0) is 16.2.